The molecule has 0 aliphatic heterocycles. The largest absolute Gasteiger partial charge is 0.383 e. The topological polar surface area (TPSA) is 47.1 Å². The van der Waals surface area contributed by atoms with E-state index < -0.39 is 0 Å². The number of nitrogens with two attached hydrogens (primary N) is 1. The third-order valence-corrected chi connectivity index (χ3v) is 3.51. The molecule has 0 unspecified atom stereocenters. The number of aromatic nitrogens is 2. The van der Waals surface area contributed by atoms with Gasteiger partial charge < -0.3 is 15.2 Å². The average molecular weight is 272 g/mol. The van der Waals surface area contributed by atoms with Crippen LogP contribution >= 0.6 is 0 Å². The first kappa shape index (κ1) is 14.4. The number of rotatable bonds is 5. The van der Waals surface area contributed by atoms with Crippen LogP contribution in [0.5, 0.6) is 0 Å². The highest BCUT2D eigenvalue weighted by atomic mass is 15.1. The number of benzene rings is 1. The fourth-order valence-corrected chi connectivity index (χ4v) is 2.39. The van der Waals surface area contributed by atoms with Crippen LogP contribution in [-0.2, 0) is 13.0 Å². The summed E-state index contributed by atoms with van der Waals surface area (Å²) < 4.78 is 2.13. The number of hydrogen-bond acceptors (Lipinski definition) is 3. The number of hydrogen-bond donors (Lipinski definition) is 1. The summed E-state index contributed by atoms with van der Waals surface area (Å²) in [5, 5.41) is 0. The van der Waals surface area contributed by atoms with Crippen molar-refractivity contribution in [2.45, 2.75) is 33.2 Å². The van der Waals surface area contributed by atoms with E-state index in [0.717, 1.165) is 42.3 Å². The van der Waals surface area contributed by atoms with E-state index in [2.05, 4.69) is 47.6 Å². The first-order valence-electron chi connectivity index (χ1n) is 7.21. The zero-order valence-electron chi connectivity index (χ0n) is 12.8. The van der Waals surface area contributed by atoms with Crippen molar-refractivity contribution in [2.24, 2.45) is 0 Å². The lowest BCUT2D eigenvalue weighted by Crippen LogP contribution is -2.08. The van der Waals surface area contributed by atoms with Crippen molar-refractivity contribution in [1.82, 2.24) is 9.55 Å². The summed E-state index contributed by atoms with van der Waals surface area (Å²) in [4.78, 5) is 6.80. The highest BCUT2D eigenvalue weighted by Crippen LogP contribution is 2.28. The minimum absolute atomic E-state index is 0.779. The Morgan fingerprint density at radius 2 is 1.80 bits per heavy atom. The molecule has 4 heteroatoms. The molecule has 0 fully saturated rings. The Hall–Kier alpha value is -1.97. The molecule has 0 spiro atoms. The van der Waals surface area contributed by atoms with Crippen molar-refractivity contribution in [3.05, 3.63) is 30.1 Å². The standard InChI is InChI=1S/C16H24N4/c1-5-11-20-14(6-2)18-15(16(20)17)12-7-9-13(10-8-12)19(3)4/h7-10H,5-6,11,17H2,1-4H3. The van der Waals surface area contributed by atoms with Gasteiger partial charge in [0.1, 0.15) is 17.3 Å². The van der Waals surface area contributed by atoms with Crippen LogP contribution in [0.4, 0.5) is 11.5 Å². The van der Waals surface area contributed by atoms with Crippen LogP contribution in [0.3, 0.4) is 0 Å². The van der Waals surface area contributed by atoms with E-state index >= 15 is 0 Å². The summed E-state index contributed by atoms with van der Waals surface area (Å²) in [6.45, 7) is 5.20. The summed E-state index contributed by atoms with van der Waals surface area (Å²) in [6, 6.07) is 8.37. The molecule has 0 bridgehead atoms. The fourth-order valence-electron chi connectivity index (χ4n) is 2.39. The van der Waals surface area contributed by atoms with Gasteiger partial charge in [0.15, 0.2) is 0 Å². The Balaban J connectivity index is 2.42. The van der Waals surface area contributed by atoms with Crippen LogP contribution in [0.1, 0.15) is 26.1 Å². The van der Waals surface area contributed by atoms with Crippen LogP contribution in [-0.4, -0.2) is 23.6 Å². The molecule has 0 aliphatic carbocycles. The van der Waals surface area contributed by atoms with Crippen molar-refractivity contribution in [3.8, 4) is 11.3 Å². The first-order valence-corrected chi connectivity index (χ1v) is 7.21. The zero-order valence-corrected chi connectivity index (χ0v) is 12.8. The average Bonchev–Trinajstić information content (AvgIpc) is 2.76. The molecule has 20 heavy (non-hydrogen) atoms. The Bertz CT molecular complexity index is 567. The van der Waals surface area contributed by atoms with Gasteiger partial charge in [-0.05, 0) is 18.6 Å². The number of nitrogens with zero attached hydrogens (tertiary/aromatic N) is 3. The molecule has 108 valence electrons. The minimum atomic E-state index is 0.779. The Labute approximate surface area is 121 Å². The van der Waals surface area contributed by atoms with Crippen molar-refractivity contribution in [3.63, 3.8) is 0 Å². The van der Waals surface area contributed by atoms with Gasteiger partial charge in [-0.2, -0.15) is 0 Å². The second-order valence-electron chi connectivity index (χ2n) is 5.21. The van der Waals surface area contributed by atoms with Gasteiger partial charge in [-0.3, -0.25) is 0 Å². The second-order valence-corrected chi connectivity index (χ2v) is 5.21. The molecular weight excluding hydrogens is 248 g/mol. The van der Waals surface area contributed by atoms with Gasteiger partial charge in [-0.25, -0.2) is 4.98 Å². The van der Waals surface area contributed by atoms with E-state index in [1.165, 1.54) is 5.69 Å². The number of anilines is 2. The van der Waals surface area contributed by atoms with Crippen molar-refractivity contribution in [2.75, 3.05) is 24.7 Å². The maximum Gasteiger partial charge on any atom is 0.131 e. The third-order valence-electron chi connectivity index (χ3n) is 3.51. The van der Waals surface area contributed by atoms with Crippen LogP contribution in [0, 0.1) is 0 Å². The van der Waals surface area contributed by atoms with Crippen molar-refractivity contribution < 1.29 is 0 Å². The summed E-state index contributed by atoms with van der Waals surface area (Å²) in [6.07, 6.45) is 1.96. The molecule has 4 nitrogen and oxygen atoms in total. The van der Waals surface area contributed by atoms with E-state index in [-0.39, 0.29) is 0 Å². The Morgan fingerprint density at radius 3 is 2.30 bits per heavy atom. The SMILES string of the molecule is CCCn1c(CC)nc(-c2ccc(N(C)C)cc2)c1N. The molecule has 1 heterocycles. The van der Waals surface area contributed by atoms with Gasteiger partial charge in [0, 0.05) is 38.3 Å². The van der Waals surface area contributed by atoms with Gasteiger partial charge in [-0.15, -0.1) is 0 Å². The molecule has 1 aromatic carbocycles. The van der Waals surface area contributed by atoms with E-state index in [0.29, 0.717) is 0 Å². The second kappa shape index (κ2) is 5.99. The van der Waals surface area contributed by atoms with Gasteiger partial charge in [0.05, 0.1) is 0 Å². The van der Waals surface area contributed by atoms with Crippen LogP contribution in [0.2, 0.25) is 0 Å². The molecule has 0 atom stereocenters. The van der Waals surface area contributed by atoms with Crippen molar-refractivity contribution >= 4 is 11.5 Å². The molecule has 0 amide bonds. The van der Waals surface area contributed by atoms with E-state index in [4.69, 9.17) is 10.7 Å². The molecule has 2 aromatic rings. The molecule has 2 rings (SSSR count). The summed E-state index contributed by atoms with van der Waals surface area (Å²) in [7, 11) is 4.07. The number of aryl methyl sites for hydroxylation is 1. The Kier molecular flexibility index (Phi) is 4.32. The Morgan fingerprint density at radius 1 is 1.15 bits per heavy atom. The smallest absolute Gasteiger partial charge is 0.131 e. The third kappa shape index (κ3) is 2.64. The van der Waals surface area contributed by atoms with Crippen molar-refractivity contribution in [1.29, 1.82) is 0 Å². The van der Waals surface area contributed by atoms with Gasteiger partial charge in [0.25, 0.3) is 0 Å². The fraction of sp³-hybridized carbons (Fsp3) is 0.438. The highest BCUT2D eigenvalue weighted by Gasteiger charge is 2.14. The van der Waals surface area contributed by atoms with E-state index in [1.807, 2.05) is 14.1 Å². The summed E-state index contributed by atoms with van der Waals surface area (Å²) in [5.41, 5.74) is 9.45. The van der Waals surface area contributed by atoms with Gasteiger partial charge in [0.2, 0.25) is 0 Å². The maximum absolute atomic E-state index is 6.29. The quantitative estimate of drug-likeness (QED) is 0.909. The lowest BCUT2D eigenvalue weighted by Gasteiger charge is -2.12. The molecule has 0 saturated carbocycles. The van der Waals surface area contributed by atoms with E-state index in [1.54, 1.807) is 0 Å². The molecule has 1 aromatic heterocycles. The molecule has 2 N–H and O–H groups in total. The maximum atomic E-state index is 6.29. The summed E-state index contributed by atoms with van der Waals surface area (Å²) in [5.74, 6) is 1.84. The van der Waals surface area contributed by atoms with Crippen LogP contribution in [0.15, 0.2) is 24.3 Å². The highest BCUT2D eigenvalue weighted by molar-refractivity contribution is 5.72. The molecular formula is C16H24N4. The molecule has 0 saturated heterocycles. The van der Waals surface area contributed by atoms with E-state index in [9.17, 15) is 0 Å². The predicted molar refractivity (Wildman–Crippen MR) is 86.1 cm³/mol. The normalized spacial score (nSPS) is 10.8. The van der Waals surface area contributed by atoms with Crippen LogP contribution < -0.4 is 10.6 Å². The lowest BCUT2D eigenvalue weighted by molar-refractivity contribution is 0.650. The predicted octanol–water partition coefficient (Wildman–Crippen LogP) is 3.17. The molecule has 0 aliphatic rings. The number of nitrogen functional groups attached to an aromatic ring is 1. The minimum Gasteiger partial charge on any atom is -0.383 e. The monoisotopic (exact) mass is 272 g/mol. The van der Waals surface area contributed by atoms with Gasteiger partial charge in [-0.1, -0.05) is 26.0 Å². The zero-order chi connectivity index (χ0) is 14.7. The molecule has 0 radical (unpaired) electrons. The number of imidazole rings is 1. The lowest BCUT2D eigenvalue weighted by atomic mass is 10.1. The first-order chi connectivity index (χ1) is 9.58. The van der Waals surface area contributed by atoms with Crippen LogP contribution in [0.25, 0.3) is 11.3 Å². The van der Waals surface area contributed by atoms with Gasteiger partial charge >= 0.3 is 0 Å². The summed E-state index contributed by atoms with van der Waals surface area (Å²) >= 11 is 0.